The Balaban J connectivity index is 2.63. The topological polar surface area (TPSA) is 61.9 Å². The van der Waals surface area contributed by atoms with E-state index in [1.54, 1.807) is 12.0 Å². The summed E-state index contributed by atoms with van der Waals surface area (Å²) in [4.78, 5) is 27.7. The number of methoxy groups -OCH3 is 1. The minimum Gasteiger partial charge on any atom is -0.383 e. The van der Waals surface area contributed by atoms with Gasteiger partial charge < -0.3 is 19.9 Å². The number of hydrogen-bond donors (Lipinski definition) is 1. The summed E-state index contributed by atoms with van der Waals surface area (Å²) in [5, 5.41) is 2.94. The van der Waals surface area contributed by atoms with Crippen molar-refractivity contribution in [2.75, 3.05) is 50.1 Å². The van der Waals surface area contributed by atoms with Crippen LogP contribution < -0.4 is 10.2 Å². The number of benzene rings is 1. The Hall–Kier alpha value is -2.08. The molecule has 0 bridgehead atoms. The Morgan fingerprint density at radius 1 is 1.16 bits per heavy atom. The van der Waals surface area contributed by atoms with Gasteiger partial charge in [-0.05, 0) is 44.5 Å². The van der Waals surface area contributed by atoms with Crippen LogP contribution in [0.4, 0.5) is 11.4 Å². The number of aryl methyl sites for hydroxylation is 1. The van der Waals surface area contributed by atoms with Crippen LogP contribution in [0, 0.1) is 6.92 Å². The number of nitrogens with one attached hydrogen (secondary N) is 1. The monoisotopic (exact) mass is 349 g/mol. The van der Waals surface area contributed by atoms with Gasteiger partial charge in [0.25, 0.3) is 0 Å². The van der Waals surface area contributed by atoms with Gasteiger partial charge in [0.2, 0.25) is 11.8 Å². The van der Waals surface area contributed by atoms with E-state index in [9.17, 15) is 9.59 Å². The molecule has 0 aliphatic heterocycles. The van der Waals surface area contributed by atoms with Crippen LogP contribution >= 0.6 is 0 Å². The summed E-state index contributed by atoms with van der Waals surface area (Å²) in [5.41, 5.74) is 3.00. The Labute approximate surface area is 151 Å². The molecule has 0 aliphatic carbocycles. The van der Waals surface area contributed by atoms with Crippen molar-refractivity contribution in [3.05, 3.63) is 23.8 Å². The lowest BCUT2D eigenvalue weighted by atomic mass is 10.1. The number of anilines is 2. The van der Waals surface area contributed by atoms with E-state index in [4.69, 9.17) is 4.74 Å². The van der Waals surface area contributed by atoms with Gasteiger partial charge in [-0.3, -0.25) is 9.59 Å². The van der Waals surface area contributed by atoms with Gasteiger partial charge in [-0.15, -0.1) is 0 Å². The highest BCUT2D eigenvalue weighted by atomic mass is 16.5. The molecule has 1 N–H and O–H groups in total. The van der Waals surface area contributed by atoms with E-state index in [-0.39, 0.29) is 18.2 Å². The normalized spacial score (nSPS) is 10.4. The molecule has 2 amide bonds. The Morgan fingerprint density at radius 3 is 2.36 bits per heavy atom. The fourth-order valence-electron chi connectivity index (χ4n) is 2.65. The van der Waals surface area contributed by atoms with Gasteiger partial charge in [-0.1, -0.05) is 0 Å². The highest BCUT2D eigenvalue weighted by Crippen LogP contribution is 2.22. The van der Waals surface area contributed by atoms with Crippen LogP contribution in [0.15, 0.2) is 18.2 Å². The number of carbonyl (C=O) groups excluding carboxylic acids is 2. The highest BCUT2D eigenvalue weighted by Gasteiger charge is 2.12. The van der Waals surface area contributed by atoms with Crippen molar-refractivity contribution in [2.45, 2.75) is 34.1 Å². The van der Waals surface area contributed by atoms with Crippen LogP contribution in [-0.4, -0.2) is 56.6 Å². The van der Waals surface area contributed by atoms with Gasteiger partial charge in [0.1, 0.15) is 0 Å². The molecule has 25 heavy (non-hydrogen) atoms. The molecule has 0 atom stereocenters. The fourth-order valence-corrected chi connectivity index (χ4v) is 2.65. The summed E-state index contributed by atoms with van der Waals surface area (Å²) in [5.74, 6) is -0.146. The number of rotatable bonds is 10. The van der Waals surface area contributed by atoms with Crippen LogP contribution in [0.25, 0.3) is 0 Å². The summed E-state index contributed by atoms with van der Waals surface area (Å²) in [6.07, 6.45) is 0.264. The van der Waals surface area contributed by atoms with E-state index in [1.807, 2.05) is 19.1 Å². The predicted molar refractivity (Wildman–Crippen MR) is 102 cm³/mol. The number of carbonyl (C=O) groups is 2. The summed E-state index contributed by atoms with van der Waals surface area (Å²) < 4.78 is 4.99. The summed E-state index contributed by atoms with van der Waals surface area (Å²) in [6.45, 7) is 11.0. The van der Waals surface area contributed by atoms with Crippen molar-refractivity contribution in [3.63, 3.8) is 0 Å². The first-order valence-corrected chi connectivity index (χ1v) is 8.82. The smallest absolute Gasteiger partial charge is 0.226 e. The van der Waals surface area contributed by atoms with Crippen molar-refractivity contribution in [2.24, 2.45) is 0 Å². The van der Waals surface area contributed by atoms with Crippen LogP contribution in [0.1, 0.15) is 32.8 Å². The van der Waals surface area contributed by atoms with Gasteiger partial charge in [-0.2, -0.15) is 0 Å². The fraction of sp³-hybridized carbons (Fsp3) is 0.579. The molecule has 140 valence electrons. The highest BCUT2D eigenvalue weighted by molar-refractivity contribution is 5.92. The van der Waals surface area contributed by atoms with Crippen molar-refractivity contribution in [1.29, 1.82) is 0 Å². The zero-order valence-corrected chi connectivity index (χ0v) is 16.1. The molecule has 0 aliphatic rings. The van der Waals surface area contributed by atoms with Crippen molar-refractivity contribution < 1.29 is 14.3 Å². The third-order valence-electron chi connectivity index (χ3n) is 4.23. The van der Waals surface area contributed by atoms with E-state index in [1.165, 1.54) is 6.92 Å². The van der Waals surface area contributed by atoms with E-state index >= 15 is 0 Å². The lowest BCUT2D eigenvalue weighted by Crippen LogP contribution is -2.34. The number of ether oxygens (including phenoxy) is 1. The average Bonchev–Trinajstić information content (AvgIpc) is 2.58. The van der Waals surface area contributed by atoms with Gasteiger partial charge in [0.05, 0.1) is 6.61 Å². The molecule has 0 radical (unpaired) electrons. The number of nitrogens with zero attached hydrogens (tertiary/aromatic N) is 2. The number of hydrogen-bond acceptors (Lipinski definition) is 4. The Kier molecular flexibility index (Phi) is 8.99. The van der Waals surface area contributed by atoms with E-state index in [0.717, 1.165) is 30.0 Å². The molecule has 0 spiro atoms. The molecule has 1 aromatic carbocycles. The molecular weight excluding hydrogens is 318 g/mol. The minimum atomic E-state index is -0.0950. The second-order valence-electron chi connectivity index (χ2n) is 5.97. The average molecular weight is 349 g/mol. The summed E-state index contributed by atoms with van der Waals surface area (Å²) in [7, 11) is 1.59. The molecule has 1 aromatic rings. The number of amides is 2. The van der Waals surface area contributed by atoms with E-state index < -0.39 is 0 Å². The first-order valence-electron chi connectivity index (χ1n) is 8.82. The lowest BCUT2D eigenvalue weighted by Gasteiger charge is -2.22. The van der Waals surface area contributed by atoms with Gasteiger partial charge in [-0.25, -0.2) is 0 Å². The summed E-state index contributed by atoms with van der Waals surface area (Å²) in [6, 6.07) is 6.05. The zero-order chi connectivity index (χ0) is 18.8. The summed E-state index contributed by atoms with van der Waals surface area (Å²) >= 11 is 0. The second kappa shape index (κ2) is 10.7. The molecule has 0 heterocycles. The molecule has 6 heteroatoms. The minimum absolute atomic E-state index is 0.0513. The third-order valence-corrected chi connectivity index (χ3v) is 4.23. The predicted octanol–water partition coefficient (Wildman–Crippen LogP) is 2.66. The SMILES string of the molecule is CCN(CC)c1ccc(NC(=O)CCN(CCOC)C(C)=O)c(C)c1. The molecule has 0 unspecified atom stereocenters. The molecule has 0 saturated carbocycles. The maximum Gasteiger partial charge on any atom is 0.226 e. The first kappa shape index (κ1) is 21.0. The first-order chi connectivity index (χ1) is 11.9. The van der Waals surface area contributed by atoms with Crippen LogP contribution in [-0.2, 0) is 14.3 Å². The van der Waals surface area contributed by atoms with E-state index in [2.05, 4.69) is 30.1 Å². The van der Waals surface area contributed by atoms with Gasteiger partial charge in [0.15, 0.2) is 0 Å². The molecular formula is C19H31N3O3. The molecule has 1 rings (SSSR count). The van der Waals surface area contributed by atoms with Gasteiger partial charge >= 0.3 is 0 Å². The lowest BCUT2D eigenvalue weighted by molar-refractivity contribution is -0.130. The Bertz CT molecular complexity index is 571. The van der Waals surface area contributed by atoms with Crippen LogP contribution in [0.2, 0.25) is 0 Å². The second-order valence-corrected chi connectivity index (χ2v) is 5.97. The molecule has 0 fully saturated rings. The van der Waals surface area contributed by atoms with E-state index in [0.29, 0.717) is 19.7 Å². The largest absolute Gasteiger partial charge is 0.383 e. The van der Waals surface area contributed by atoms with Crippen LogP contribution in [0.5, 0.6) is 0 Å². The van der Waals surface area contributed by atoms with Crippen molar-refractivity contribution in [3.8, 4) is 0 Å². The third kappa shape index (κ3) is 6.74. The Morgan fingerprint density at radius 2 is 1.84 bits per heavy atom. The maximum absolute atomic E-state index is 12.2. The maximum atomic E-state index is 12.2. The molecule has 6 nitrogen and oxygen atoms in total. The van der Waals surface area contributed by atoms with Gasteiger partial charge in [0, 0.05) is 58.0 Å². The quantitative estimate of drug-likeness (QED) is 0.705. The van der Waals surface area contributed by atoms with Crippen molar-refractivity contribution in [1.82, 2.24) is 4.90 Å². The van der Waals surface area contributed by atoms with Crippen LogP contribution in [0.3, 0.4) is 0 Å². The molecule has 0 aromatic heterocycles. The molecule has 0 saturated heterocycles. The van der Waals surface area contributed by atoms with Crippen molar-refractivity contribution >= 4 is 23.2 Å². The standard InChI is InChI=1S/C19H31N3O3/c1-6-21(7-2)17-8-9-18(15(3)14-17)20-19(24)10-11-22(16(4)23)12-13-25-5/h8-9,14H,6-7,10-13H2,1-5H3,(H,20,24). The zero-order valence-electron chi connectivity index (χ0n) is 16.1.